The standard InChI is InChI=1S/C24H25BrN4O2/c1-24(2,3)18-10-8-17(9-11-18)23(31)29-20(21(26)30)12-15-4-6-16(7-5-15)22-27-13-19(25)14-28-22/h4-11,13-14,20H,12H2,1-3H3,(H2,26,30)(H,29,31). The number of nitrogens with zero attached hydrogens (tertiary/aromatic N) is 2. The fraction of sp³-hybridized carbons (Fsp3) is 0.250. The van der Waals surface area contributed by atoms with Crippen molar-refractivity contribution in [1.82, 2.24) is 15.3 Å². The van der Waals surface area contributed by atoms with Crippen LogP contribution in [-0.2, 0) is 16.6 Å². The van der Waals surface area contributed by atoms with Crippen LogP contribution in [0.15, 0.2) is 65.4 Å². The van der Waals surface area contributed by atoms with Gasteiger partial charge in [-0.3, -0.25) is 9.59 Å². The Morgan fingerprint density at radius 2 is 1.58 bits per heavy atom. The highest BCUT2D eigenvalue weighted by atomic mass is 79.9. The molecule has 0 radical (unpaired) electrons. The molecule has 0 fully saturated rings. The fourth-order valence-electron chi connectivity index (χ4n) is 3.07. The van der Waals surface area contributed by atoms with Gasteiger partial charge in [0, 0.05) is 29.9 Å². The predicted molar refractivity (Wildman–Crippen MR) is 124 cm³/mol. The van der Waals surface area contributed by atoms with Gasteiger partial charge in [-0.1, -0.05) is 57.2 Å². The molecule has 1 atom stereocenters. The molecule has 0 aliphatic carbocycles. The van der Waals surface area contributed by atoms with Gasteiger partial charge in [-0.2, -0.15) is 0 Å². The van der Waals surface area contributed by atoms with Crippen LogP contribution in [0.4, 0.5) is 0 Å². The molecule has 0 saturated heterocycles. The number of halogens is 1. The van der Waals surface area contributed by atoms with Crippen molar-refractivity contribution in [3.8, 4) is 11.4 Å². The Morgan fingerprint density at radius 1 is 1.00 bits per heavy atom. The fourth-order valence-corrected chi connectivity index (χ4v) is 3.28. The van der Waals surface area contributed by atoms with Crippen molar-refractivity contribution in [2.75, 3.05) is 0 Å². The molecule has 1 heterocycles. The van der Waals surface area contributed by atoms with Gasteiger partial charge in [0.25, 0.3) is 5.91 Å². The minimum atomic E-state index is -0.815. The van der Waals surface area contributed by atoms with E-state index in [9.17, 15) is 9.59 Å². The topological polar surface area (TPSA) is 98.0 Å². The first-order valence-corrected chi connectivity index (χ1v) is 10.7. The van der Waals surface area contributed by atoms with Crippen LogP contribution in [0.1, 0.15) is 42.3 Å². The second-order valence-corrected chi connectivity index (χ2v) is 9.30. The number of nitrogens with one attached hydrogen (secondary N) is 1. The van der Waals surface area contributed by atoms with E-state index in [-0.39, 0.29) is 11.3 Å². The third-order valence-corrected chi connectivity index (χ3v) is 5.34. The van der Waals surface area contributed by atoms with E-state index in [1.54, 1.807) is 24.5 Å². The molecule has 2 amide bonds. The molecule has 0 spiro atoms. The third kappa shape index (κ3) is 5.98. The summed E-state index contributed by atoms with van der Waals surface area (Å²) in [5.74, 6) is -0.308. The molecule has 3 N–H and O–H groups in total. The van der Waals surface area contributed by atoms with E-state index in [1.807, 2.05) is 36.4 Å². The molecule has 0 aliphatic rings. The quantitative estimate of drug-likeness (QED) is 0.556. The van der Waals surface area contributed by atoms with E-state index in [2.05, 4.69) is 52.0 Å². The largest absolute Gasteiger partial charge is 0.368 e. The normalized spacial score (nSPS) is 12.3. The van der Waals surface area contributed by atoms with E-state index in [0.717, 1.165) is 21.2 Å². The lowest BCUT2D eigenvalue weighted by atomic mass is 9.86. The van der Waals surface area contributed by atoms with Crippen molar-refractivity contribution in [2.24, 2.45) is 5.73 Å². The number of amides is 2. The Kier molecular flexibility index (Phi) is 6.85. The minimum absolute atomic E-state index is 0.00177. The Hall–Kier alpha value is -3.06. The zero-order valence-electron chi connectivity index (χ0n) is 17.7. The molecule has 1 unspecified atom stereocenters. The summed E-state index contributed by atoms with van der Waals surface area (Å²) in [4.78, 5) is 33.1. The molecular weight excluding hydrogens is 456 g/mol. The van der Waals surface area contributed by atoms with Gasteiger partial charge in [0.15, 0.2) is 5.82 Å². The highest BCUT2D eigenvalue weighted by Gasteiger charge is 2.20. The lowest BCUT2D eigenvalue weighted by molar-refractivity contribution is -0.119. The van der Waals surface area contributed by atoms with Crippen LogP contribution >= 0.6 is 15.9 Å². The molecular formula is C24H25BrN4O2. The Balaban J connectivity index is 1.69. The van der Waals surface area contributed by atoms with Gasteiger partial charge < -0.3 is 11.1 Å². The molecule has 31 heavy (non-hydrogen) atoms. The van der Waals surface area contributed by atoms with Crippen LogP contribution in [0.3, 0.4) is 0 Å². The molecule has 2 aromatic carbocycles. The second kappa shape index (κ2) is 9.39. The molecule has 0 aliphatic heterocycles. The van der Waals surface area contributed by atoms with Gasteiger partial charge in [-0.25, -0.2) is 9.97 Å². The number of hydrogen-bond acceptors (Lipinski definition) is 4. The maximum atomic E-state index is 12.6. The number of carbonyl (C=O) groups is 2. The van der Waals surface area contributed by atoms with Crippen molar-refractivity contribution in [2.45, 2.75) is 38.6 Å². The summed E-state index contributed by atoms with van der Waals surface area (Å²) in [6, 6.07) is 14.1. The number of primary amides is 1. The Bertz CT molecular complexity index is 1060. The van der Waals surface area contributed by atoms with Gasteiger partial charge in [0.1, 0.15) is 6.04 Å². The predicted octanol–water partition coefficient (Wildman–Crippen LogP) is 4.03. The van der Waals surface area contributed by atoms with Crippen molar-refractivity contribution < 1.29 is 9.59 Å². The first-order valence-electron chi connectivity index (χ1n) is 9.91. The van der Waals surface area contributed by atoms with E-state index < -0.39 is 11.9 Å². The molecule has 6 nitrogen and oxygen atoms in total. The first kappa shape index (κ1) is 22.6. The van der Waals surface area contributed by atoms with E-state index in [4.69, 9.17) is 5.73 Å². The molecule has 0 saturated carbocycles. The first-order chi connectivity index (χ1) is 14.6. The molecule has 0 bridgehead atoms. The van der Waals surface area contributed by atoms with Crippen molar-refractivity contribution >= 4 is 27.7 Å². The molecule has 160 valence electrons. The summed E-state index contributed by atoms with van der Waals surface area (Å²) in [5.41, 5.74) is 8.89. The number of hydrogen-bond donors (Lipinski definition) is 2. The summed E-state index contributed by atoms with van der Waals surface area (Å²) >= 11 is 3.32. The highest BCUT2D eigenvalue weighted by Crippen LogP contribution is 2.22. The van der Waals surface area contributed by atoms with Gasteiger partial charge in [-0.15, -0.1) is 0 Å². The number of carbonyl (C=O) groups excluding carboxylic acids is 2. The summed E-state index contributed by atoms with van der Waals surface area (Å²) in [5, 5.41) is 2.75. The van der Waals surface area contributed by atoms with Crippen LogP contribution in [0.2, 0.25) is 0 Å². The summed E-state index contributed by atoms with van der Waals surface area (Å²) in [6.07, 6.45) is 3.66. The highest BCUT2D eigenvalue weighted by molar-refractivity contribution is 9.10. The smallest absolute Gasteiger partial charge is 0.251 e. The lowest BCUT2D eigenvalue weighted by Crippen LogP contribution is -2.45. The average molecular weight is 481 g/mol. The van der Waals surface area contributed by atoms with Crippen molar-refractivity contribution in [1.29, 1.82) is 0 Å². The van der Waals surface area contributed by atoms with E-state index in [0.29, 0.717) is 17.8 Å². The maximum Gasteiger partial charge on any atom is 0.251 e. The molecule has 7 heteroatoms. The minimum Gasteiger partial charge on any atom is -0.368 e. The lowest BCUT2D eigenvalue weighted by Gasteiger charge is -2.19. The van der Waals surface area contributed by atoms with Gasteiger partial charge >= 0.3 is 0 Å². The SMILES string of the molecule is CC(C)(C)c1ccc(C(=O)NC(Cc2ccc(-c3ncc(Br)cn3)cc2)C(N)=O)cc1. The van der Waals surface area contributed by atoms with Gasteiger partial charge in [0.05, 0.1) is 4.47 Å². The maximum absolute atomic E-state index is 12.6. The summed E-state index contributed by atoms with van der Waals surface area (Å²) in [6.45, 7) is 6.33. The number of benzene rings is 2. The van der Waals surface area contributed by atoms with Crippen LogP contribution in [0.25, 0.3) is 11.4 Å². The Labute approximate surface area is 190 Å². The Morgan fingerprint density at radius 3 is 2.10 bits per heavy atom. The second-order valence-electron chi connectivity index (χ2n) is 8.38. The van der Waals surface area contributed by atoms with Gasteiger partial charge in [-0.05, 0) is 44.6 Å². The number of rotatable bonds is 6. The number of nitrogens with two attached hydrogens (primary N) is 1. The van der Waals surface area contributed by atoms with Crippen LogP contribution in [0.5, 0.6) is 0 Å². The zero-order chi connectivity index (χ0) is 22.6. The molecule has 1 aromatic heterocycles. The summed E-state index contributed by atoms with van der Waals surface area (Å²) in [7, 11) is 0. The van der Waals surface area contributed by atoms with E-state index in [1.165, 1.54) is 0 Å². The molecule has 3 rings (SSSR count). The van der Waals surface area contributed by atoms with Crippen molar-refractivity contribution in [3.63, 3.8) is 0 Å². The monoisotopic (exact) mass is 480 g/mol. The zero-order valence-corrected chi connectivity index (χ0v) is 19.3. The van der Waals surface area contributed by atoms with Gasteiger partial charge in [0.2, 0.25) is 5.91 Å². The van der Waals surface area contributed by atoms with Crippen LogP contribution in [0, 0.1) is 0 Å². The van der Waals surface area contributed by atoms with Crippen molar-refractivity contribution in [3.05, 3.63) is 82.1 Å². The third-order valence-electron chi connectivity index (χ3n) is 4.93. The van der Waals surface area contributed by atoms with E-state index >= 15 is 0 Å². The average Bonchev–Trinajstić information content (AvgIpc) is 2.74. The molecule has 3 aromatic rings. The van der Waals surface area contributed by atoms with Crippen LogP contribution < -0.4 is 11.1 Å². The summed E-state index contributed by atoms with van der Waals surface area (Å²) < 4.78 is 0.806. The van der Waals surface area contributed by atoms with Crippen LogP contribution in [-0.4, -0.2) is 27.8 Å². The number of aromatic nitrogens is 2.